The number of tetrazole rings is 1. The van der Waals surface area contributed by atoms with Crippen molar-refractivity contribution in [2.75, 3.05) is 6.54 Å². The van der Waals surface area contributed by atoms with Crippen molar-refractivity contribution >= 4 is 11.3 Å². The van der Waals surface area contributed by atoms with Crippen LogP contribution in [0.3, 0.4) is 0 Å². The summed E-state index contributed by atoms with van der Waals surface area (Å²) in [7, 11) is 1.79. The molecule has 2 aromatic rings. The Labute approximate surface area is 110 Å². The molecular formula is C11H16N6S. The smallest absolute Gasteiger partial charge is 0.188 e. The number of rotatable bonds is 3. The molecule has 7 heteroatoms. The lowest BCUT2D eigenvalue weighted by atomic mass is 10.2. The average molecular weight is 264 g/mol. The third kappa shape index (κ3) is 2.28. The molecule has 2 aromatic heterocycles. The van der Waals surface area contributed by atoms with Gasteiger partial charge in [-0.05, 0) is 31.5 Å². The first-order chi connectivity index (χ1) is 8.72. The molecule has 0 saturated carbocycles. The Kier molecular flexibility index (Phi) is 3.09. The highest BCUT2D eigenvalue weighted by molar-refractivity contribution is 7.09. The summed E-state index contributed by atoms with van der Waals surface area (Å²) in [5.74, 6) is 0.788. The normalized spacial score (nSPS) is 20.7. The Bertz CT molecular complexity index is 533. The molecule has 0 unspecified atom stereocenters. The maximum Gasteiger partial charge on any atom is 0.188 e. The standard InChI is InChI=1S/C11H16N6S/c1-8-12-9(7-18-8)10-4-3-5-17(10)6-11-13-15-16(2)14-11/h7,10H,3-6H2,1-2H3/t10-/m0/s1. The Morgan fingerprint density at radius 2 is 2.39 bits per heavy atom. The molecule has 1 atom stereocenters. The third-order valence-electron chi connectivity index (χ3n) is 3.24. The molecule has 0 N–H and O–H groups in total. The Morgan fingerprint density at radius 3 is 3.06 bits per heavy atom. The molecule has 0 aromatic carbocycles. The summed E-state index contributed by atoms with van der Waals surface area (Å²) in [5.41, 5.74) is 1.19. The van der Waals surface area contributed by atoms with Crippen molar-refractivity contribution in [1.82, 2.24) is 30.1 Å². The predicted molar refractivity (Wildman–Crippen MR) is 68.0 cm³/mol. The Morgan fingerprint density at radius 1 is 1.50 bits per heavy atom. The van der Waals surface area contributed by atoms with Crippen LogP contribution in [0.1, 0.15) is 35.4 Å². The van der Waals surface area contributed by atoms with E-state index >= 15 is 0 Å². The van der Waals surface area contributed by atoms with Gasteiger partial charge in [0.2, 0.25) is 0 Å². The van der Waals surface area contributed by atoms with E-state index in [1.54, 1.807) is 18.4 Å². The first-order valence-corrected chi connectivity index (χ1v) is 6.99. The zero-order valence-corrected chi connectivity index (χ0v) is 11.4. The van der Waals surface area contributed by atoms with E-state index in [2.05, 4.69) is 37.6 Å². The lowest BCUT2D eigenvalue weighted by Gasteiger charge is -2.21. The quantitative estimate of drug-likeness (QED) is 0.836. The molecule has 1 fully saturated rings. The van der Waals surface area contributed by atoms with Crippen LogP contribution in [0.25, 0.3) is 0 Å². The second kappa shape index (κ2) is 4.74. The van der Waals surface area contributed by atoms with Crippen molar-refractivity contribution in [2.45, 2.75) is 32.4 Å². The average Bonchev–Trinajstić information content (AvgIpc) is 3.01. The van der Waals surface area contributed by atoms with Gasteiger partial charge in [0.25, 0.3) is 0 Å². The lowest BCUT2D eigenvalue weighted by Crippen LogP contribution is -2.23. The zero-order valence-electron chi connectivity index (χ0n) is 10.6. The maximum absolute atomic E-state index is 4.60. The van der Waals surface area contributed by atoms with Gasteiger partial charge < -0.3 is 0 Å². The minimum absolute atomic E-state index is 0.416. The van der Waals surface area contributed by atoms with Crippen molar-refractivity contribution in [3.05, 3.63) is 21.9 Å². The fourth-order valence-corrected chi connectivity index (χ4v) is 3.11. The summed E-state index contributed by atoms with van der Waals surface area (Å²) in [5, 5.41) is 15.5. The molecule has 1 aliphatic heterocycles. The SMILES string of the molecule is Cc1nc([C@@H]2CCCN2Cc2nnn(C)n2)cs1. The van der Waals surface area contributed by atoms with Crippen LogP contribution in [-0.4, -0.2) is 36.6 Å². The fourth-order valence-electron chi connectivity index (χ4n) is 2.45. The monoisotopic (exact) mass is 264 g/mol. The first kappa shape index (κ1) is 11.7. The second-order valence-electron chi connectivity index (χ2n) is 4.62. The van der Waals surface area contributed by atoms with Gasteiger partial charge in [-0.15, -0.1) is 21.5 Å². The number of likely N-dealkylation sites (tertiary alicyclic amines) is 1. The van der Waals surface area contributed by atoms with Gasteiger partial charge in [0.15, 0.2) is 5.82 Å². The summed E-state index contributed by atoms with van der Waals surface area (Å²) in [6.45, 7) is 3.90. The molecule has 0 radical (unpaired) electrons. The van der Waals surface area contributed by atoms with Crippen molar-refractivity contribution in [2.24, 2.45) is 7.05 Å². The molecule has 0 spiro atoms. The molecule has 3 rings (SSSR count). The van der Waals surface area contributed by atoms with Gasteiger partial charge >= 0.3 is 0 Å². The third-order valence-corrected chi connectivity index (χ3v) is 4.03. The molecule has 1 saturated heterocycles. The molecule has 3 heterocycles. The van der Waals surface area contributed by atoms with Gasteiger partial charge in [0, 0.05) is 5.38 Å². The van der Waals surface area contributed by atoms with Crippen molar-refractivity contribution < 1.29 is 0 Å². The number of hydrogen-bond acceptors (Lipinski definition) is 6. The van der Waals surface area contributed by atoms with E-state index in [9.17, 15) is 0 Å². The van der Waals surface area contributed by atoms with Crippen LogP contribution in [0.4, 0.5) is 0 Å². The number of nitrogens with zero attached hydrogens (tertiary/aromatic N) is 6. The Balaban J connectivity index is 1.75. The summed E-state index contributed by atoms with van der Waals surface area (Å²) in [6, 6.07) is 0.416. The summed E-state index contributed by atoms with van der Waals surface area (Å²) in [4.78, 5) is 8.51. The molecule has 18 heavy (non-hydrogen) atoms. The summed E-state index contributed by atoms with van der Waals surface area (Å²) < 4.78 is 0. The van der Waals surface area contributed by atoms with Crippen LogP contribution >= 0.6 is 11.3 Å². The van der Waals surface area contributed by atoms with Gasteiger partial charge in [0.05, 0.1) is 30.3 Å². The van der Waals surface area contributed by atoms with E-state index in [1.165, 1.54) is 23.3 Å². The summed E-state index contributed by atoms with van der Waals surface area (Å²) in [6.07, 6.45) is 2.38. The fraction of sp³-hybridized carbons (Fsp3) is 0.636. The Hall–Kier alpha value is -1.34. The molecule has 96 valence electrons. The van der Waals surface area contributed by atoms with Crippen molar-refractivity contribution in [3.8, 4) is 0 Å². The van der Waals surface area contributed by atoms with E-state index in [4.69, 9.17) is 0 Å². The molecule has 0 bridgehead atoms. The molecule has 1 aliphatic rings. The maximum atomic E-state index is 4.60. The van der Waals surface area contributed by atoms with Crippen molar-refractivity contribution in [1.29, 1.82) is 0 Å². The topological polar surface area (TPSA) is 59.7 Å². The molecule has 0 aliphatic carbocycles. The van der Waals surface area contributed by atoms with Crippen molar-refractivity contribution in [3.63, 3.8) is 0 Å². The van der Waals surface area contributed by atoms with Crippen LogP contribution in [0, 0.1) is 6.92 Å². The van der Waals surface area contributed by atoms with E-state index in [1.807, 2.05) is 0 Å². The van der Waals surface area contributed by atoms with E-state index in [0.717, 1.165) is 23.9 Å². The minimum Gasteiger partial charge on any atom is -0.287 e. The van der Waals surface area contributed by atoms with Crippen LogP contribution in [-0.2, 0) is 13.6 Å². The molecule has 0 amide bonds. The van der Waals surface area contributed by atoms with Gasteiger partial charge in [-0.3, -0.25) is 4.90 Å². The van der Waals surface area contributed by atoms with Gasteiger partial charge in [-0.25, -0.2) is 4.98 Å². The predicted octanol–water partition coefficient (Wildman–Crippen LogP) is 1.31. The van der Waals surface area contributed by atoms with E-state index in [0.29, 0.717) is 6.04 Å². The number of aryl methyl sites for hydroxylation is 2. The van der Waals surface area contributed by atoms with Gasteiger partial charge in [-0.1, -0.05) is 0 Å². The van der Waals surface area contributed by atoms with E-state index < -0.39 is 0 Å². The molecule has 6 nitrogen and oxygen atoms in total. The summed E-state index contributed by atoms with van der Waals surface area (Å²) >= 11 is 1.72. The number of hydrogen-bond donors (Lipinski definition) is 0. The second-order valence-corrected chi connectivity index (χ2v) is 5.68. The minimum atomic E-state index is 0.416. The van der Waals surface area contributed by atoms with Crippen LogP contribution in [0.5, 0.6) is 0 Å². The molecular weight excluding hydrogens is 248 g/mol. The van der Waals surface area contributed by atoms with Gasteiger partial charge in [-0.2, -0.15) is 4.80 Å². The highest BCUT2D eigenvalue weighted by Crippen LogP contribution is 2.32. The van der Waals surface area contributed by atoms with Gasteiger partial charge in [0.1, 0.15) is 0 Å². The van der Waals surface area contributed by atoms with Crippen LogP contribution < -0.4 is 0 Å². The lowest BCUT2D eigenvalue weighted by molar-refractivity contribution is 0.238. The zero-order chi connectivity index (χ0) is 12.5. The highest BCUT2D eigenvalue weighted by atomic mass is 32.1. The van der Waals surface area contributed by atoms with Crippen LogP contribution in [0.15, 0.2) is 5.38 Å². The largest absolute Gasteiger partial charge is 0.287 e. The number of aromatic nitrogens is 5. The van der Waals surface area contributed by atoms with Crippen LogP contribution in [0.2, 0.25) is 0 Å². The highest BCUT2D eigenvalue weighted by Gasteiger charge is 2.28. The van der Waals surface area contributed by atoms with E-state index in [-0.39, 0.29) is 0 Å². The number of thiazole rings is 1. The first-order valence-electron chi connectivity index (χ1n) is 6.11.